The van der Waals surface area contributed by atoms with E-state index in [1.54, 1.807) is 6.07 Å². The Morgan fingerprint density at radius 2 is 2.12 bits per heavy atom. The second-order valence-electron chi connectivity index (χ2n) is 4.61. The van der Waals surface area contributed by atoms with Gasteiger partial charge in [0, 0.05) is 12.0 Å². The zero-order valence-corrected chi connectivity index (χ0v) is 10.9. The molecule has 0 aliphatic rings. The second kappa shape index (κ2) is 5.02. The van der Waals surface area contributed by atoms with Gasteiger partial charge < -0.3 is 9.15 Å². The molecule has 0 saturated carbocycles. The Labute approximate surface area is 101 Å². The van der Waals surface area contributed by atoms with Crippen molar-refractivity contribution >= 4 is 16.8 Å². The number of carbonyl (C=O) groups is 1. The van der Waals surface area contributed by atoms with Crippen molar-refractivity contribution in [2.45, 2.75) is 39.7 Å². The molecule has 0 radical (unpaired) electrons. The monoisotopic (exact) mass is 244 g/mol. The molecule has 1 rings (SSSR count). The minimum absolute atomic E-state index is 0.147. The van der Waals surface area contributed by atoms with Crippen LogP contribution < -0.4 is 0 Å². The van der Waals surface area contributed by atoms with Gasteiger partial charge in [0.15, 0.2) is 0 Å². The predicted octanol–water partition coefficient (Wildman–Crippen LogP) is 3.49. The van der Waals surface area contributed by atoms with Gasteiger partial charge >= 0.3 is 0 Å². The van der Waals surface area contributed by atoms with E-state index in [0.717, 1.165) is 5.76 Å². The van der Waals surface area contributed by atoms with Crippen LogP contribution in [0.1, 0.15) is 49.6 Å². The Kier molecular flexibility index (Phi) is 4.16. The molecular formula is C12H17ClO3. The van der Waals surface area contributed by atoms with Crippen molar-refractivity contribution in [3.63, 3.8) is 0 Å². The molecule has 1 heterocycles. The Bertz CT molecular complexity index is 374. The maximum absolute atomic E-state index is 11.2. The highest BCUT2D eigenvalue weighted by molar-refractivity contribution is 6.67. The Morgan fingerprint density at radius 1 is 1.50 bits per heavy atom. The average molecular weight is 245 g/mol. The summed E-state index contributed by atoms with van der Waals surface area (Å²) in [6.07, 6.45) is 0. The maximum Gasteiger partial charge on any atom is 0.256 e. The van der Waals surface area contributed by atoms with Crippen molar-refractivity contribution in [1.29, 1.82) is 0 Å². The number of furan rings is 1. The molecule has 90 valence electrons. The van der Waals surface area contributed by atoms with E-state index in [2.05, 4.69) is 0 Å². The van der Waals surface area contributed by atoms with Crippen molar-refractivity contribution in [1.82, 2.24) is 0 Å². The van der Waals surface area contributed by atoms with E-state index in [4.69, 9.17) is 20.8 Å². The number of carbonyl (C=O) groups excluding carboxylic acids is 1. The number of ether oxygens (including phenoxy) is 1. The van der Waals surface area contributed by atoms with Crippen LogP contribution in [0.15, 0.2) is 10.5 Å². The summed E-state index contributed by atoms with van der Waals surface area (Å²) in [5.41, 5.74) is 0.256. The highest BCUT2D eigenvalue weighted by Crippen LogP contribution is 2.28. The van der Waals surface area contributed by atoms with Gasteiger partial charge in [-0.05, 0) is 24.6 Å². The van der Waals surface area contributed by atoms with Gasteiger partial charge in [0.2, 0.25) is 0 Å². The van der Waals surface area contributed by atoms with Crippen molar-refractivity contribution in [3.05, 3.63) is 23.2 Å². The SMILES string of the molecule is CCOCc1oc(C(C)(C)C)cc1C(=O)Cl. The first kappa shape index (κ1) is 13.3. The zero-order chi connectivity index (χ0) is 12.3. The molecule has 0 fully saturated rings. The summed E-state index contributed by atoms with van der Waals surface area (Å²) in [6.45, 7) is 8.77. The average Bonchev–Trinajstić information content (AvgIpc) is 2.57. The minimum Gasteiger partial charge on any atom is -0.462 e. The molecule has 1 aromatic rings. The first-order valence-corrected chi connectivity index (χ1v) is 5.64. The van der Waals surface area contributed by atoms with Gasteiger partial charge in [-0.2, -0.15) is 0 Å². The van der Waals surface area contributed by atoms with E-state index in [0.29, 0.717) is 17.9 Å². The van der Waals surface area contributed by atoms with Crippen LogP contribution in [0.3, 0.4) is 0 Å². The summed E-state index contributed by atoms with van der Waals surface area (Å²) < 4.78 is 10.8. The topological polar surface area (TPSA) is 39.4 Å². The molecule has 0 aliphatic heterocycles. The fourth-order valence-corrected chi connectivity index (χ4v) is 1.43. The predicted molar refractivity (Wildman–Crippen MR) is 62.9 cm³/mol. The zero-order valence-electron chi connectivity index (χ0n) is 10.1. The number of rotatable bonds is 4. The minimum atomic E-state index is -0.506. The number of hydrogen-bond donors (Lipinski definition) is 0. The van der Waals surface area contributed by atoms with Crippen LogP contribution in [0, 0.1) is 0 Å². The third kappa shape index (κ3) is 3.09. The summed E-state index contributed by atoms with van der Waals surface area (Å²) in [5, 5.41) is -0.506. The fourth-order valence-electron chi connectivity index (χ4n) is 1.27. The van der Waals surface area contributed by atoms with Crippen LogP contribution in [0.4, 0.5) is 0 Å². The van der Waals surface area contributed by atoms with Crippen LogP contribution in [-0.4, -0.2) is 11.8 Å². The molecule has 0 N–H and O–H groups in total. The largest absolute Gasteiger partial charge is 0.462 e. The van der Waals surface area contributed by atoms with Gasteiger partial charge in [0.25, 0.3) is 5.24 Å². The van der Waals surface area contributed by atoms with Crippen molar-refractivity contribution in [2.75, 3.05) is 6.61 Å². The van der Waals surface area contributed by atoms with Crippen LogP contribution in [-0.2, 0) is 16.8 Å². The molecule has 0 amide bonds. The highest BCUT2D eigenvalue weighted by Gasteiger charge is 2.23. The summed E-state index contributed by atoms with van der Waals surface area (Å²) in [6, 6.07) is 1.70. The van der Waals surface area contributed by atoms with Crippen molar-refractivity contribution in [3.8, 4) is 0 Å². The summed E-state index contributed by atoms with van der Waals surface area (Å²) in [7, 11) is 0. The number of halogens is 1. The molecule has 0 spiro atoms. The molecule has 0 atom stereocenters. The Balaban J connectivity index is 3.05. The molecule has 4 heteroatoms. The normalized spacial score (nSPS) is 11.8. The van der Waals surface area contributed by atoms with E-state index in [1.807, 2.05) is 27.7 Å². The molecule has 0 bridgehead atoms. The number of hydrogen-bond acceptors (Lipinski definition) is 3. The van der Waals surface area contributed by atoms with E-state index < -0.39 is 5.24 Å². The van der Waals surface area contributed by atoms with Gasteiger partial charge in [-0.15, -0.1) is 0 Å². The third-order valence-electron chi connectivity index (χ3n) is 2.20. The first-order chi connectivity index (χ1) is 7.36. The lowest BCUT2D eigenvalue weighted by atomic mass is 9.93. The van der Waals surface area contributed by atoms with Crippen molar-refractivity contribution in [2.24, 2.45) is 0 Å². The quantitative estimate of drug-likeness (QED) is 0.761. The van der Waals surface area contributed by atoms with E-state index in [1.165, 1.54) is 0 Å². The molecule has 16 heavy (non-hydrogen) atoms. The second-order valence-corrected chi connectivity index (χ2v) is 4.95. The van der Waals surface area contributed by atoms with E-state index >= 15 is 0 Å². The smallest absolute Gasteiger partial charge is 0.256 e. The summed E-state index contributed by atoms with van der Waals surface area (Å²) >= 11 is 5.50. The van der Waals surface area contributed by atoms with Gasteiger partial charge in [-0.1, -0.05) is 20.8 Å². The van der Waals surface area contributed by atoms with E-state index in [-0.39, 0.29) is 12.0 Å². The molecule has 0 aliphatic carbocycles. The molecule has 3 nitrogen and oxygen atoms in total. The third-order valence-corrected chi connectivity index (χ3v) is 2.40. The highest BCUT2D eigenvalue weighted by atomic mass is 35.5. The van der Waals surface area contributed by atoms with E-state index in [9.17, 15) is 4.79 Å². The van der Waals surface area contributed by atoms with Crippen LogP contribution in [0.25, 0.3) is 0 Å². The molecule has 0 aromatic carbocycles. The summed E-state index contributed by atoms with van der Waals surface area (Å²) in [4.78, 5) is 11.2. The summed E-state index contributed by atoms with van der Waals surface area (Å²) in [5.74, 6) is 1.25. The molecule has 1 aromatic heterocycles. The first-order valence-electron chi connectivity index (χ1n) is 5.27. The van der Waals surface area contributed by atoms with Gasteiger partial charge in [-0.3, -0.25) is 4.79 Å². The van der Waals surface area contributed by atoms with Crippen molar-refractivity contribution < 1.29 is 13.9 Å². The molecule has 0 saturated heterocycles. The Morgan fingerprint density at radius 3 is 2.56 bits per heavy atom. The molecule has 0 unspecified atom stereocenters. The molecular weight excluding hydrogens is 228 g/mol. The van der Waals surface area contributed by atoms with Gasteiger partial charge in [0.05, 0.1) is 5.56 Å². The van der Waals surface area contributed by atoms with Crippen LogP contribution in [0.5, 0.6) is 0 Å². The van der Waals surface area contributed by atoms with Crippen LogP contribution >= 0.6 is 11.6 Å². The van der Waals surface area contributed by atoms with Gasteiger partial charge in [0.1, 0.15) is 18.1 Å². The lowest BCUT2D eigenvalue weighted by molar-refractivity contribution is 0.104. The maximum atomic E-state index is 11.2. The standard InChI is InChI=1S/C12H17ClO3/c1-5-15-7-9-8(11(13)14)6-10(16-9)12(2,3)4/h6H,5,7H2,1-4H3. The Hall–Kier alpha value is -0.800. The van der Waals surface area contributed by atoms with Crippen LogP contribution in [0.2, 0.25) is 0 Å². The van der Waals surface area contributed by atoms with Gasteiger partial charge in [-0.25, -0.2) is 0 Å². The fraction of sp³-hybridized carbons (Fsp3) is 0.583. The lowest BCUT2D eigenvalue weighted by Crippen LogP contribution is -2.09. The lowest BCUT2D eigenvalue weighted by Gasteiger charge is -2.13.